The maximum absolute atomic E-state index is 11.9. The van der Waals surface area contributed by atoms with Crippen molar-refractivity contribution in [3.05, 3.63) is 0 Å². The van der Waals surface area contributed by atoms with E-state index in [2.05, 4.69) is 12.2 Å². The molecule has 1 unspecified atom stereocenters. The number of alkyl carbamates (subject to hydrolysis) is 1. The number of rotatable bonds is 6. The quantitative estimate of drug-likeness (QED) is 0.741. The molecular formula is C17H33NO2. The van der Waals surface area contributed by atoms with Gasteiger partial charge in [-0.2, -0.15) is 0 Å². The molecule has 3 nitrogen and oxygen atoms in total. The van der Waals surface area contributed by atoms with E-state index in [-0.39, 0.29) is 12.1 Å². The summed E-state index contributed by atoms with van der Waals surface area (Å²) in [5, 5.41) is 3.09. The molecule has 1 N–H and O–H groups in total. The van der Waals surface area contributed by atoms with Crippen LogP contribution >= 0.6 is 0 Å². The number of carbonyl (C=O) groups is 1. The van der Waals surface area contributed by atoms with Gasteiger partial charge in [0.2, 0.25) is 0 Å². The lowest BCUT2D eigenvalue weighted by atomic mass is 9.84. The van der Waals surface area contributed by atoms with Crippen molar-refractivity contribution in [2.45, 2.75) is 97.1 Å². The van der Waals surface area contributed by atoms with Gasteiger partial charge in [-0.05, 0) is 39.5 Å². The molecule has 1 saturated carbocycles. The van der Waals surface area contributed by atoms with Gasteiger partial charge in [-0.3, -0.25) is 0 Å². The van der Waals surface area contributed by atoms with Crippen molar-refractivity contribution in [1.29, 1.82) is 0 Å². The first-order chi connectivity index (χ1) is 9.40. The summed E-state index contributed by atoms with van der Waals surface area (Å²) in [4.78, 5) is 11.9. The highest BCUT2D eigenvalue weighted by Gasteiger charge is 2.22. The van der Waals surface area contributed by atoms with Crippen molar-refractivity contribution in [3.63, 3.8) is 0 Å². The van der Waals surface area contributed by atoms with Crippen LogP contribution in [0.4, 0.5) is 4.79 Å². The Morgan fingerprint density at radius 3 is 2.45 bits per heavy atom. The molecule has 118 valence electrons. The Hall–Kier alpha value is -0.730. The lowest BCUT2D eigenvalue weighted by Gasteiger charge is -2.28. The van der Waals surface area contributed by atoms with Crippen LogP contribution < -0.4 is 5.32 Å². The van der Waals surface area contributed by atoms with Crippen molar-refractivity contribution in [2.75, 3.05) is 0 Å². The normalized spacial score (nSPS) is 18.6. The minimum Gasteiger partial charge on any atom is -0.444 e. The van der Waals surface area contributed by atoms with E-state index in [0.717, 1.165) is 18.8 Å². The fraction of sp³-hybridized carbons (Fsp3) is 0.941. The van der Waals surface area contributed by atoms with Crippen molar-refractivity contribution in [2.24, 2.45) is 5.92 Å². The molecule has 0 spiro atoms. The molecule has 0 aromatic carbocycles. The molecule has 1 fully saturated rings. The van der Waals surface area contributed by atoms with Gasteiger partial charge in [-0.1, -0.05) is 51.9 Å². The molecule has 0 heterocycles. The van der Waals surface area contributed by atoms with E-state index in [0.29, 0.717) is 0 Å². The molecule has 1 atom stereocenters. The summed E-state index contributed by atoms with van der Waals surface area (Å²) in [5.41, 5.74) is -0.412. The van der Waals surface area contributed by atoms with Gasteiger partial charge in [0.25, 0.3) is 0 Å². The average molecular weight is 283 g/mol. The smallest absolute Gasteiger partial charge is 0.407 e. The highest BCUT2D eigenvalue weighted by Crippen LogP contribution is 2.28. The van der Waals surface area contributed by atoms with E-state index in [1.807, 2.05) is 20.8 Å². The maximum Gasteiger partial charge on any atom is 0.407 e. The molecule has 0 aromatic rings. The largest absolute Gasteiger partial charge is 0.444 e. The summed E-state index contributed by atoms with van der Waals surface area (Å²) in [6.45, 7) is 7.93. The number of hydrogen-bond acceptors (Lipinski definition) is 2. The second kappa shape index (κ2) is 8.53. The minimum atomic E-state index is -0.412. The van der Waals surface area contributed by atoms with E-state index in [1.165, 1.54) is 44.9 Å². The molecule has 0 aromatic heterocycles. The Morgan fingerprint density at radius 2 is 1.90 bits per heavy atom. The van der Waals surface area contributed by atoms with Gasteiger partial charge in [-0.25, -0.2) is 4.79 Å². The number of hydrogen-bond donors (Lipinski definition) is 1. The monoisotopic (exact) mass is 283 g/mol. The summed E-state index contributed by atoms with van der Waals surface area (Å²) < 4.78 is 5.39. The van der Waals surface area contributed by atoms with Gasteiger partial charge in [0.1, 0.15) is 5.60 Å². The Labute approximate surface area is 124 Å². The molecule has 1 amide bonds. The molecule has 0 saturated heterocycles. The van der Waals surface area contributed by atoms with Crippen LogP contribution in [-0.4, -0.2) is 17.7 Å². The molecular weight excluding hydrogens is 250 g/mol. The fourth-order valence-corrected chi connectivity index (χ4v) is 3.00. The Morgan fingerprint density at radius 1 is 1.25 bits per heavy atom. The molecule has 0 aliphatic heterocycles. The van der Waals surface area contributed by atoms with Crippen LogP contribution in [0.3, 0.4) is 0 Å². The highest BCUT2D eigenvalue weighted by atomic mass is 16.6. The molecule has 0 radical (unpaired) electrons. The van der Waals surface area contributed by atoms with Crippen molar-refractivity contribution < 1.29 is 9.53 Å². The summed E-state index contributed by atoms with van der Waals surface area (Å²) in [7, 11) is 0. The van der Waals surface area contributed by atoms with Crippen molar-refractivity contribution >= 4 is 6.09 Å². The van der Waals surface area contributed by atoms with E-state index in [1.54, 1.807) is 0 Å². The van der Waals surface area contributed by atoms with Crippen LogP contribution in [0.15, 0.2) is 0 Å². The first-order valence-corrected chi connectivity index (χ1v) is 8.40. The van der Waals surface area contributed by atoms with E-state index in [9.17, 15) is 4.79 Å². The molecule has 20 heavy (non-hydrogen) atoms. The standard InChI is InChI=1S/C17H33NO2/c1-5-6-12-15(13-14-10-8-7-9-11-14)18-16(19)20-17(2,3)4/h14-15H,5-13H2,1-4H3,(H,18,19). The predicted molar refractivity (Wildman–Crippen MR) is 83.9 cm³/mol. The van der Waals surface area contributed by atoms with Crippen molar-refractivity contribution in [3.8, 4) is 0 Å². The van der Waals surface area contributed by atoms with Crippen LogP contribution in [0.5, 0.6) is 0 Å². The van der Waals surface area contributed by atoms with Crippen LogP contribution in [0, 0.1) is 5.92 Å². The zero-order valence-corrected chi connectivity index (χ0v) is 13.8. The van der Waals surface area contributed by atoms with Gasteiger partial charge in [0.15, 0.2) is 0 Å². The third-order valence-electron chi connectivity index (χ3n) is 3.97. The predicted octanol–water partition coefficient (Wildman–Crippen LogP) is 5.04. The van der Waals surface area contributed by atoms with E-state index in [4.69, 9.17) is 4.74 Å². The van der Waals surface area contributed by atoms with Crippen LogP contribution in [0.2, 0.25) is 0 Å². The SMILES string of the molecule is CCCCC(CC1CCCCC1)NC(=O)OC(C)(C)C. The number of ether oxygens (including phenoxy) is 1. The van der Waals surface area contributed by atoms with Gasteiger partial charge in [-0.15, -0.1) is 0 Å². The zero-order chi connectivity index (χ0) is 15.0. The molecule has 1 aliphatic carbocycles. The molecule has 0 bridgehead atoms. The summed E-state index contributed by atoms with van der Waals surface area (Å²) in [6.07, 6.45) is 11.1. The minimum absolute atomic E-state index is 0.255. The van der Waals surface area contributed by atoms with Crippen molar-refractivity contribution in [1.82, 2.24) is 5.32 Å². The Bertz CT molecular complexity index is 277. The Balaban J connectivity index is 2.43. The average Bonchev–Trinajstić information content (AvgIpc) is 2.35. The first kappa shape index (κ1) is 17.3. The second-order valence-corrected chi connectivity index (χ2v) is 7.23. The second-order valence-electron chi connectivity index (χ2n) is 7.23. The number of amides is 1. The third-order valence-corrected chi connectivity index (χ3v) is 3.97. The molecule has 1 rings (SSSR count). The van der Waals surface area contributed by atoms with E-state index >= 15 is 0 Å². The Kier molecular flexibility index (Phi) is 7.39. The number of unbranched alkanes of at least 4 members (excludes halogenated alkanes) is 1. The van der Waals surface area contributed by atoms with Crippen LogP contribution in [0.25, 0.3) is 0 Å². The summed E-state index contributed by atoms with van der Waals surface area (Å²) in [6, 6.07) is 0.285. The summed E-state index contributed by atoms with van der Waals surface area (Å²) >= 11 is 0. The van der Waals surface area contributed by atoms with E-state index < -0.39 is 5.60 Å². The first-order valence-electron chi connectivity index (χ1n) is 8.40. The van der Waals surface area contributed by atoms with Gasteiger partial charge >= 0.3 is 6.09 Å². The van der Waals surface area contributed by atoms with Gasteiger partial charge in [0.05, 0.1) is 0 Å². The lowest BCUT2D eigenvalue weighted by Crippen LogP contribution is -2.40. The highest BCUT2D eigenvalue weighted by molar-refractivity contribution is 5.68. The number of carbonyl (C=O) groups excluding carboxylic acids is 1. The van der Waals surface area contributed by atoms with Crippen LogP contribution in [-0.2, 0) is 4.74 Å². The third kappa shape index (κ3) is 7.76. The summed E-state index contributed by atoms with van der Waals surface area (Å²) in [5.74, 6) is 0.792. The maximum atomic E-state index is 11.9. The fourth-order valence-electron chi connectivity index (χ4n) is 3.00. The van der Waals surface area contributed by atoms with Gasteiger partial charge in [0, 0.05) is 6.04 Å². The van der Waals surface area contributed by atoms with Crippen LogP contribution in [0.1, 0.15) is 85.5 Å². The lowest BCUT2D eigenvalue weighted by molar-refractivity contribution is 0.0491. The topological polar surface area (TPSA) is 38.3 Å². The number of nitrogens with one attached hydrogen (secondary N) is 1. The molecule has 1 aliphatic rings. The molecule has 3 heteroatoms. The van der Waals surface area contributed by atoms with Gasteiger partial charge < -0.3 is 10.1 Å². The zero-order valence-electron chi connectivity index (χ0n) is 13.8.